The van der Waals surface area contributed by atoms with Crippen LogP contribution in [0.5, 0.6) is 0 Å². The highest BCUT2D eigenvalue weighted by Gasteiger charge is 2.39. The van der Waals surface area contributed by atoms with Crippen molar-refractivity contribution in [2.75, 3.05) is 44.2 Å². The van der Waals surface area contributed by atoms with E-state index in [0.29, 0.717) is 6.61 Å². The van der Waals surface area contributed by atoms with Crippen molar-refractivity contribution in [3.8, 4) is 11.1 Å². The fraction of sp³-hybridized carbons (Fsp3) is 0.387. The third-order valence-electron chi connectivity index (χ3n) is 7.46. The average Bonchev–Trinajstić information content (AvgIpc) is 2.93. The van der Waals surface area contributed by atoms with Gasteiger partial charge in [0.2, 0.25) is 0 Å². The molecule has 3 aromatic rings. The normalized spacial score (nSPS) is 15.9. The molecule has 0 amide bonds. The number of rotatable bonds is 10. The number of ether oxygens (including phenoxy) is 1. The van der Waals surface area contributed by atoms with Gasteiger partial charge < -0.3 is 9.64 Å². The maximum absolute atomic E-state index is 13.1. The van der Waals surface area contributed by atoms with E-state index < -0.39 is 5.41 Å². The lowest BCUT2D eigenvalue weighted by Gasteiger charge is -2.37. The quantitative estimate of drug-likeness (QED) is 0.283. The van der Waals surface area contributed by atoms with Gasteiger partial charge >= 0.3 is 5.97 Å². The Bertz CT molecular complexity index is 1090. The number of carbonyl (C=O) groups excluding carboxylic acids is 1. The summed E-state index contributed by atoms with van der Waals surface area (Å²) in [4.78, 5) is 18.0. The Hall–Kier alpha value is -2.82. The smallest absolute Gasteiger partial charge is 0.316 e. The summed E-state index contributed by atoms with van der Waals surface area (Å²) < 4.78 is 5.53. The van der Waals surface area contributed by atoms with Crippen molar-refractivity contribution >= 4 is 23.3 Å². The highest BCUT2D eigenvalue weighted by atomic mass is 35.5. The molecule has 0 N–H and O–H groups in total. The van der Waals surface area contributed by atoms with E-state index in [-0.39, 0.29) is 5.97 Å². The van der Waals surface area contributed by atoms with E-state index in [2.05, 4.69) is 65.3 Å². The largest absolute Gasteiger partial charge is 0.465 e. The second-order valence-corrected chi connectivity index (χ2v) is 9.94. The average molecular weight is 505 g/mol. The molecule has 5 heteroatoms. The monoisotopic (exact) mass is 504 g/mol. The molecule has 0 spiro atoms. The molecule has 36 heavy (non-hydrogen) atoms. The summed E-state index contributed by atoms with van der Waals surface area (Å²) in [6.45, 7) is 9.47. The predicted molar refractivity (Wildman–Crippen MR) is 150 cm³/mol. The first kappa shape index (κ1) is 26.2. The predicted octanol–water partition coefficient (Wildman–Crippen LogP) is 6.82. The number of piperazine rings is 1. The van der Waals surface area contributed by atoms with Gasteiger partial charge in [0.1, 0.15) is 0 Å². The molecule has 4 nitrogen and oxygen atoms in total. The molecule has 1 unspecified atom stereocenters. The zero-order valence-electron chi connectivity index (χ0n) is 21.5. The lowest BCUT2D eigenvalue weighted by Crippen LogP contribution is -2.47. The molecule has 4 rings (SSSR count). The van der Waals surface area contributed by atoms with Crippen LogP contribution < -0.4 is 4.90 Å². The third kappa shape index (κ3) is 6.11. The van der Waals surface area contributed by atoms with Gasteiger partial charge in [0.05, 0.1) is 12.0 Å². The second-order valence-electron chi connectivity index (χ2n) is 9.51. The van der Waals surface area contributed by atoms with Crippen LogP contribution in [-0.4, -0.2) is 50.2 Å². The molecule has 1 heterocycles. The van der Waals surface area contributed by atoms with Gasteiger partial charge in [0.15, 0.2) is 0 Å². The molecule has 3 aromatic carbocycles. The van der Waals surface area contributed by atoms with E-state index in [9.17, 15) is 4.79 Å². The van der Waals surface area contributed by atoms with Crippen molar-refractivity contribution in [1.82, 2.24) is 4.90 Å². The number of esters is 1. The van der Waals surface area contributed by atoms with Crippen molar-refractivity contribution in [3.05, 3.63) is 89.4 Å². The van der Waals surface area contributed by atoms with Crippen LogP contribution in [0.3, 0.4) is 0 Å². The highest BCUT2D eigenvalue weighted by Crippen LogP contribution is 2.35. The number of halogens is 1. The maximum atomic E-state index is 13.1. The van der Waals surface area contributed by atoms with Gasteiger partial charge in [-0.25, -0.2) is 0 Å². The Kier molecular flexibility index (Phi) is 9.06. The summed E-state index contributed by atoms with van der Waals surface area (Å²) in [5.74, 6) is -0.0921. The molecular formula is C31H37ClN2O2. The Morgan fingerprint density at radius 3 is 2.06 bits per heavy atom. The molecule has 1 saturated heterocycles. The van der Waals surface area contributed by atoms with E-state index in [1.165, 1.54) is 16.8 Å². The summed E-state index contributed by atoms with van der Waals surface area (Å²) in [5.41, 5.74) is 4.15. The topological polar surface area (TPSA) is 32.8 Å². The first-order valence-corrected chi connectivity index (χ1v) is 13.5. The minimum Gasteiger partial charge on any atom is -0.465 e. The SMILES string of the molecule is CCOC(=O)C(CC)(CCCN1CCN(c2ccc(-c3ccc(Cl)cc3)cc2)CC1)c1ccccc1. The standard InChI is InChI=1S/C31H37ClN2O2/c1-3-31(30(35)36-4-2,27-9-6-5-7-10-27)19-8-20-33-21-23-34(24-22-33)29-17-13-26(14-18-29)25-11-15-28(32)16-12-25/h5-7,9-18H,3-4,8,19-24H2,1-2H3. The summed E-state index contributed by atoms with van der Waals surface area (Å²) in [7, 11) is 0. The zero-order valence-corrected chi connectivity index (χ0v) is 22.2. The molecule has 0 aliphatic carbocycles. The van der Waals surface area contributed by atoms with E-state index in [0.717, 1.165) is 62.6 Å². The summed E-state index contributed by atoms with van der Waals surface area (Å²) >= 11 is 6.02. The lowest BCUT2D eigenvalue weighted by atomic mass is 9.74. The molecule has 0 saturated carbocycles. The molecule has 0 bridgehead atoms. The Morgan fingerprint density at radius 1 is 0.861 bits per heavy atom. The number of benzene rings is 3. The first-order chi connectivity index (χ1) is 17.6. The van der Waals surface area contributed by atoms with E-state index in [1.54, 1.807) is 0 Å². The van der Waals surface area contributed by atoms with E-state index >= 15 is 0 Å². The van der Waals surface area contributed by atoms with Gasteiger partial charge in [-0.15, -0.1) is 0 Å². The van der Waals surface area contributed by atoms with Crippen molar-refractivity contribution in [3.63, 3.8) is 0 Å². The summed E-state index contributed by atoms with van der Waals surface area (Å²) in [6, 6.07) is 27.0. The lowest BCUT2D eigenvalue weighted by molar-refractivity contribution is -0.150. The fourth-order valence-corrected chi connectivity index (χ4v) is 5.38. The van der Waals surface area contributed by atoms with Gasteiger partial charge in [0.25, 0.3) is 0 Å². The van der Waals surface area contributed by atoms with Crippen LogP contribution in [0.25, 0.3) is 11.1 Å². The van der Waals surface area contributed by atoms with Crippen molar-refractivity contribution < 1.29 is 9.53 Å². The van der Waals surface area contributed by atoms with Crippen molar-refractivity contribution in [2.24, 2.45) is 0 Å². The van der Waals surface area contributed by atoms with Crippen molar-refractivity contribution in [2.45, 2.75) is 38.5 Å². The van der Waals surface area contributed by atoms with Gasteiger partial charge in [0, 0.05) is 36.9 Å². The third-order valence-corrected chi connectivity index (χ3v) is 7.71. The molecule has 0 radical (unpaired) electrons. The number of carbonyl (C=O) groups is 1. The Morgan fingerprint density at radius 2 is 1.47 bits per heavy atom. The van der Waals surface area contributed by atoms with Crippen LogP contribution in [0, 0.1) is 0 Å². The molecule has 190 valence electrons. The highest BCUT2D eigenvalue weighted by molar-refractivity contribution is 6.30. The summed E-state index contributed by atoms with van der Waals surface area (Å²) in [5, 5.41) is 0.759. The van der Waals surface area contributed by atoms with E-state index in [4.69, 9.17) is 16.3 Å². The van der Waals surface area contributed by atoms with Gasteiger partial charge in [-0.2, -0.15) is 0 Å². The minimum absolute atomic E-state index is 0.0921. The van der Waals surface area contributed by atoms with Crippen LogP contribution in [0.2, 0.25) is 5.02 Å². The van der Waals surface area contributed by atoms with E-state index in [1.807, 2.05) is 37.3 Å². The van der Waals surface area contributed by atoms with Gasteiger partial charge in [-0.05, 0) is 73.7 Å². The molecule has 1 aliphatic rings. The fourth-order valence-electron chi connectivity index (χ4n) is 5.26. The van der Waals surface area contributed by atoms with Crippen LogP contribution >= 0.6 is 11.6 Å². The maximum Gasteiger partial charge on any atom is 0.316 e. The molecule has 1 fully saturated rings. The molecule has 0 aromatic heterocycles. The zero-order chi connectivity index (χ0) is 25.4. The molecule has 1 atom stereocenters. The molecular weight excluding hydrogens is 468 g/mol. The number of anilines is 1. The van der Waals surface area contributed by atoms with Crippen LogP contribution in [-0.2, 0) is 14.9 Å². The number of nitrogens with zero attached hydrogens (tertiary/aromatic N) is 2. The van der Waals surface area contributed by atoms with Gasteiger partial charge in [-0.3, -0.25) is 9.69 Å². The summed E-state index contributed by atoms with van der Waals surface area (Å²) in [6.07, 6.45) is 2.52. The Balaban J connectivity index is 1.31. The minimum atomic E-state index is -0.565. The second kappa shape index (κ2) is 12.4. The van der Waals surface area contributed by atoms with Crippen molar-refractivity contribution in [1.29, 1.82) is 0 Å². The van der Waals surface area contributed by atoms with Crippen LogP contribution in [0.4, 0.5) is 5.69 Å². The first-order valence-electron chi connectivity index (χ1n) is 13.1. The molecule has 1 aliphatic heterocycles. The van der Waals surface area contributed by atoms with Crippen LogP contribution in [0.15, 0.2) is 78.9 Å². The van der Waals surface area contributed by atoms with Crippen LogP contribution in [0.1, 0.15) is 38.7 Å². The number of hydrogen-bond acceptors (Lipinski definition) is 4. The Labute approximate surface area is 220 Å². The number of hydrogen-bond donors (Lipinski definition) is 0. The van der Waals surface area contributed by atoms with Gasteiger partial charge in [-0.1, -0.05) is 73.1 Å².